The second-order valence-corrected chi connectivity index (χ2v) is 1.14. The molecule has 7 heavy (non-hydrogen) atoms. The summed E-state index contributed by atoms with van der Waals surface area (Å²) in [7, 11) is 1.50. The third kappa shape index (κ3) is 10.7. The zero-order chi connectivity index (χ0) is 4.99. The molecule has 0 saturated carbocycles. The fourth-order valence-electron chi connectivity index (χ4n) is 0.203. The smallest absolute Gasteiger partial charge is 0.155 e. The second-order valence-electron chi connectivity index (χ2n) is 1.14. The van der Waals surface area contributed by atoms with Gasteiger partial charge in [0.1, 0.15) is 6.61 Å². The Bertz CT molecular complexity index is 53.7. The van der Waals surface area contributed by atoms with Gasteiger partial charge < -0.3 is 4.74 Å². The predicted molar refractivity (Wildman–Crippen MR) is 22.6 cm³/mol. The number of carbonyl (C=O) groups excluding carboxylic acids is 1. The van der Waals surface area contributed by atoms with Crippen LogP contribution in [-0.2, 0) is 35.4 Å². The van der Waals surface area contributed by atoms with Crippen molar-refractivity contribution in [3.05, 3.63) is 0 Å². The first-order valence-electron chi connectivity index (χ1n) is 1.75. The molecule has 0 fully saturated rings. The SMILES string of the molecule is COCC(C)=O.[Hf]. The first-order chi connectivity index (χ1) is 2.77. The third-order valence-corrected chi connectivity index (χ3v) is 0.348. The first kappa shape index (κ1) is 10.5. The molecular weight excluding hydrogens is 259 g/mol. The van der Waals surface area contributed by atoms with Gasteiger partial charge >= 0.3 is 0 Å². The molecular formula is C4H8HfO2. The predicted octanol–water partition coefficient (Wildman–Crippen LogP) is 0.219. The van der Waals surface area contributed by atoms with Crippen molar-refractivity contribution < 1.29 is 35.4 Å². The normalized spacial score (nSPS) is 7.14. The molecule has 0 aromatic rings. The van der Waals surface area contributed by atoms with E-state index < -0.39 is 0 Å². The second kappa shape index (κ2) is 6.50. The Balaban J connectivity index is 0. The average molecular weight is 267 g/mol. The van der Waals surface area contributed by atoms with Gasteiger partial charge in [-0.15, -0.1) is 0 Å². The van der Waals surface area contributed by atoms with Crippen molar-refractivity contribution in [3.63, 3.8) is 0 Å². The van der Waals surface area contributed by atoms with E-state index in [4.69, 9.17) is 0 Å². The van der Waals surface area contributed by atoms with Crippen LogP contribution in [0.3, 0.4) is 0 Å². The Kier molecular flexibility index (Phi) is 9.73. The zero-order valence-electron chi connectivity index (χ0n) is 4.52. The Morgan fingerprint density at radius 1 is 1.71 bits per heavy atom. The van der Waals surface area contributed by atoms with Gasteiger partial charge in [0.05, 0.1) is 0 Å². The number of hydrogen-bond acceptors (Lipinski definition) is 2. The Morgan fingerprint density at radius 2 is 2.14 bits per heavy atom. The molecule has 0 aliphatic carbocycles. The Morgan fingerprint density at radius 3 is 2.14 bits per heavy atom. The van der Waals surface area contributed by atoms with E-state index in [0.717, 1.165) is 0 Å². The number of ether oxygens (including phenoxy) is 1. The summed E-state index contributed by atoms with van der Waals surface area (Å²) in [4.78, 5) is 9.92. The van der Waals surface area contributed by atoms with Crippen LogP contribution in [0.4, 0.5) is 0 Å². The van der Waals surface area contributed by atoms with Crippen molar-refractivity contribution in [1.82, 2.24) is 0 Å². The molecule has 0 atom stereocenters. The number of carbonyl (C=O) groups is 1. The summed E-state index contributed by atoms with van der Waals surface area (Å²) in [5.41, 5.74) is 0. The van der Waals surface area contributed by atoms with Crippen LogP contribution in [0.2, 0.25) is 0 Å². The van der Waals surface area contributed by atoms with Crippen LogP contribution in [0.1, 0.15) is 6.92 Å². The minimum atomic E-state index is 0. The summed E-state index contributed by atoms with van der Waals surface area (Å²) in [6.45, 7) is 1.73. The molecule has 2 nitrogen and oxygen atoms in total. The summed E-state index contributed by atoms with van der Waals surface area (Å²) in [5.74, 6) is 0.0671. The van der Waals surface area contributed by atoms with E-state index in [1.165, 1.54) is 14.0 Å². The zero-order valence-corrected chi connectivity index (χ0v) is 8.12. The molecule has 0 aliphatic heterocycles. The summed E-state index contributed by atoms with van der Waals surface area (Å²) in [6.07, 6.45) is 0. The molecule has 40 valence electrons. The maximum Gasteiger partial charge on any atom is 0.155 e. The van der Waals surface area contributed by atoms with Crippen molar-refractivity contribution >= 4 is 5.78 Å². The van der Waals surface area contributed by atoms with Crippen molar-refractivity contribution in [2.24, 2.45) is 0 Å². The van der Waals surface area contributed by atoms with Crippen LogP contribution in [0.15, 0.2) is 0 Å². The number of ketones is 1. The maximum absolute atomic E-state index is 9.92. The number of methoxy groups -OCH3 is 1. The van der Waals surface area contributed by atoms with Crippen LogP contribution < -0.4 is 0 Å². The minimum Gasteiger partial charge on any atom is -0.377 e. The quantitative estimate of drug-likeness (QED) is 0.669. The summed E-state index contributed by atoms with van der Waals surface area (Å²) in [5, 5.41) is 0. The van der Waals surface area contributed by atoms with E-state index >= 15 is 0 Å². The van der Waals surface area contributed by atoms with Gasteiger partial charge in [-0.3, -0.25) is 4.79 Å². The van der Waals surface area contributed by atoms with Crippen LogP contribution in [-0.4, -0.2) is 19.5 Å². The van der Waals surface area contributed by atoms with E-state index in [0.29, 0.717) is 0 Å². The molecule has 0 saturated heterocycles. The Hall–Kier alpha value is 0.500. The number of rotatable bonds is 2. The van der Waals surface area contributed by atoms with Crippen LogP contribution >= 0.6 is 0 Å². The van der Waals surface area contributed by atoms with E-state index in [-0.39, 0.29) is 38.2 Å². The van der Waals surface area contributed by atoms with Gasteiger partial charge in [0.25, 0.3) is 0 Å². The fraction of sp³-hybridized carbons (Fsp3) is 0.750. The topological polar surface area (TPSA) is 26.3 Å². The van der Waals surface area contributed by atoms with E-state index in [2.05, 4.69) is 4.74 Å². The molecule has 0 N–H and O–H groups in total. The molecule has 0 radical (unpaired) electrons. The molecule has 0 rings (SSSR count). The molecule has 0 spiro atoms. The first-order valence-corrected chi connectivity index (χ1v) is 1.75. The Labute approximate surface area is 62.0 Å². The fourth-order valence-corrected chi connectivity index (χ4v) is 0.203. The van der Waals surface area contributed by atoms with Gasteiger partial charge in [-0.2, -0.15) is 0 Å². The molecule has 0 heterocycles. The van der Waals surface area contributed by atoms with E-state index in [9.17, 15) is 4.79 Å². The van der Waals surface area contributed by atoms with Crippen molar-refractivity contribution in [3.8, 4) is 0 Å². The maximum atomic E-state index is 9.92. The van der Waals surface area contributed by atoms with Gasteiger partial charge in [-0.25, -0.2) is 0 Å². The third-order valence-electron chi connectivity index (χ3n) is 0.348. The number of hydrogen-bond donors (Lipinski definition) is 0. The number of Topliss-reactive ketones (excluding diaryl/α,β-unsaturated/α-hetero) is 1. The molecule has 0 aromatic heterocycles. The monoisotopic (exact) mass is 268 g/mol. The van der Waals surface area contributed by atoms with Gasteiger partial charge in [-0.05, 0) is 6.92 Å². The minimum absolute atomic E-state index is 0. The molecule has 0 aliphatic rings. The van der Waals surface area contributed by atoms with Gasteiger partial charge in [0, 0.05) is 33.0 Å². The van der Waals surface area contributed by atoms with Crippen LogP contribution in [0.25, 0.3) is 0 Å². The summed E-state index contributed by atoms with van der Waals surface area (Å²) >= 11 is 0. The van der Waals surface area contributed by atoms with Gasteiger partial charge in [0.2, 0.25) is 0 Å². The largest absolute Gasteiger partial charge is 0.377 e. The molecule has 0 aromatic carbocycles. The van der Waals surface area contributed by atoms with E-state index in [1.54, 1.807) is 0 Å². The summed E-state index contributed by atoms with van der Waals surface area (Å²) < 4.78 is 4.45. The van der Waals surface area contributed by atoms with E-state index in [1.807, 2.05) is 0 Å². The molecule has 3 heteroatoms. The molecule has 0 bridgehead atoms. The summed E-state index contributed by atoms with van der Waals surface area (Å²) in [6, 6.07) is 0. The van der Waals surface area contributed by atoms with Crippen molar-refractivity contribution in [2.75, 3.05) is 13.7 Å². The standard InChI is InChI=1S/C4H8O2.Hf/c1-4(5)3-6-2;/h3H2,1-2H3;. The van der Waals surface area contributed by atoms with Gasteiger partial charge in [0.15, 0.2) is 5.78 Å². The molecule has 0 unspecified atom stereocenters. The van der Waals surface area contributed by atoms with Crippen molar-refractivity contribution in [1.29, 1.82) is 0 Å². The molecule has 0 amide bonds. The van der Waals surface area contributed by atoms with Crippen molar-refractivity contribution in [2.45, 2.75) is 6.92 Å². The average Bonchev–Trinajstić information content (AvgIpc) is 1.35. The van der Waals surface area contributed by atoms with Crippen LogP contribution in [0, 0.1) is 0 Å². The van der Waals surface area contributed by atoms with Crippen LogP contribution in [0.5, 0.6) is 0 Å². The van der Waals surface area contributed by atoms with Gasteiger partial charge in [-0.1, -0.05) is 0 Å².